The van der Waals surface area contributed by atoms with Gasteiger partial charge in [0.25, 0.3) is 0 Å². The molecule has 0 bridgehead atoms. The molecular weight excluding hydrogens is 213 g/mol. The van der Waals surface area contributed by atoms with Crippen LogP contribution in [0.3, 0.4) is 0 Å². The Hall–Kier alpha value is -0.890. The van der Waals surface area contributed by atoms with Crippen LogP contribution in [0.4, 0.5) is 4.39 Å². The zero-order valence-electron chi connectivity index (χ0n) is 10.4. The molecule has 1 unspecified atom stereocenters. The molecule has 2 heteroatoms. The van der Waals surface area contributed by atoms with Crippen LogP contribution >= 0.6 is 0 Å². The van der Waals surface area contributed by atoms with Gasteiger partial charge in [-0.25, -0.2) is 4.39 Å². The van der Waals surface area contributed by atoms with Gasteiger partial charge in [-0.05, 0) is 48.9 Å². The molecule has 0 spiro atoms. The molecule has 1 saturated carbocycles. The molecule has 0 heterocycles. The van der Waals surface area contributed by atoms with Crippen LogP contribution in [0.1, 0.15) is 50.0 Å². The second kappa shape index (κ2) is 6.15. The Morgan fingerprint density at radius 2 is 1.82 bits per heavy atom. The van der Waals surface area contributed by atoms with Gasteiger partial charge in [0, 0.05) is 0 Å². The molecule has 2 N–H and O–H groups in total. The Balaban J connectivity index is 1.89. The maximum absolute atomic E-state index is 12.9. The van der Waals surface area contributed by atoms with Gasteiger partial charge in [0.05, 0.1) is 0 Å². The predicted molar refractivity (Wildman–Crippen MR) is 69.4 cm³/mol. The van der Waals surface area contributed by atoms with Crippen molar-refractivity contribution in [2.45, 2.75) is 44.4 Å². The smallest absolute Gasteiger partial charge is 0.123 e. The summed E-state index contributed by atoms with van der Waals surface area (Å²) < 4.78 is 12.9. The van der Waals surface area contributed by atoms with Crippen molar-refractivity contribution in [2.24, 2.45) is 11.7 Å². The van der Waals surface area contributed by atoms with E-state index in [2.05, 4.69) is 0 Å². The first kappa shape index (κ1) is 12.6. The van der Waals surface area contributed by atoms with E-state index in [4.69, 9.17) is 5.73 Å². The summed E-state index contributed by atoms with van der Waals surface area (Å²) in [7, 11) is 0. The van der Waals surface area contributed by atoms with E-state index in [9.17, 15) is 4.39 Å². The van der Waals surface area contributed by atoms with E-state index >= 15 is 0 Å². The third kappa shape index (κ3) is 3.53. The van der Waals surface area contributed by atoms with Gasteiger partial charge in [-0.1, -0.05) is 37.8 Å². The molecule has 0 amide bonds. The number of nitrogens with two attached hydrogens (primary N) is 1. The van der Waals surface area contributed by atoms with E-state index in [-0.39, 0.29) is 5.82 Å². The van der Waals surface area contributed by atoms with E-state index in [1.54, 1.807) is 0 Å². The van der Waals surface area contributed by atoms with Crippen molar-refractivity contribution in [3.63, 3.8) is 0 Å². The molecule has 0 aromatic heterocycles. The first-order chi connectivity index (χ1) is 8.29. The van der Waals surface area contributed by atoms with Crippen LogP contribution in [0.2, 0.25) is 0 Å². The molecule has 1 aliphatic carbocycles. The van der Waals surface area contributed by atoms with Gasteiger partial charge in [0.2, 0.25) is 0 Å². The molecule has 0 radical (unpaired) electrons. The molecule has 17 heavy (non-hydrogen) atoms. The van der Waals surface area contributed by atoms with Gasteiger partial charge in [0.15, 0.2) is 0 Å². The monoisotopic (exact) mass is 235 g/mol. The molecule has 0 aliphatic heterocycles. The lowest BCUT2D eigenvalue weighted by atomic mass is 9.90. The topological polar surface area (TPSA) is 26.0 Å². The lowest BCUT2D eigenvalue weighted by Crippen LogP contribution is -2.13. The molecular formula is C15H22FN. The van der Waals surface area contributed by atoms with Gasteiger partial charge >= 0.3 is 0 Å². The zero-order valence-corrected chi connectivity index (χ0v) is 10.4. The Kier molecular flexibility index (Phi) is 4.55. The highest BCUT2D eigenvalue weighted by Crippen LogP contribution is 2.31. The fourth-order valence-corrected chi connectivity index (χ4v) is 2.89. The summed E-state index contributed by atoms with van der Waals surface area (Å²) >= 11 is 0. The van der Waals surface area contributed by atoms with Crippen molar-refractivity contribution in [1.82, 2.24) is 0 Å². The van der Waals surface area contributed by atoms with Crippen molar-refractivity contribution < 1.29 is 4.39 Å². The third-order valence-corrected chi connectivity index (χ3v) is 4.02. The number of benzene rings is 1. The van der Waals surface area contributed by atoms with Crippen molar-refractivity contribution in [3.8, 4) is 0 Å². The molecule has 2 rings (SSSR count). The standard InChI is InChI=1S/C15H22FN/c16-15-9-7-13(8-10-15)14(11-17)6-5-12-3-1-2-4-12/h7-10,12,14H,1-6,11,17H2. The maximum atomic E-state index is 12.9. The van der Waals surface area contributed by atoms with E-state index in [1.807, 2.05) is 12.1 Å². The summed E-state index contributed by atoms with van der Waals surface area (Å²) in [5.74, 6) is 1.14. The van der Waals surface area contributed by atoms with E-state index in [0.717, 1.165) is 12.3 Å². The normalized spacial score (nSPS) is 18.5. The van der Waals surface area contributed by atoms with E-state index in [1.165, 1.54) is 49.8 Å². The molecule has 0 saturated heterocycles. The lowest BCUT2D eigenvalue weighted by molar-refractivity contribution is 0.452. The molecule has 94 valence electrons. The minimum absolute atomic E-state index is 0.166. The summed E-state index contributed by atoms with van der Waals surface area (Å²) in [6, 6.07) is 6.82. The van der Waals surface area contributed by atoms with Crippen LogP contribution in [-0.2, 0) is 0 Å². The third-order valence-electron chi connectivity index (χ3n) is 4.02. The Bertz CT molecular complexity index is 327. The first-order valence-corrected chi connectivity index (χ1v) is 6.75. The highest BCUT2D eigenvalue weighted by atomic mass is 19.1. The summed E-state index contributed by atoms with van der Waals surface area (Å²) in [6.45, 7) is 0.665. The van der Waals surface area contributed by atoms with Crippen LogP contribution < -0.4 is 5.73 Å². The molecule has 1 aliphatic rings. The van der Waals surface area contributed by atoms with Gasteiger partial charge in [-0.3, -0.25) is 0 Å². The van der Waals surface area contributed by atoms with Crippen LogP contribution in [0.5, 0.6) is 0 Å². The minimum atomic E-state index is -0.166. The quantitative estimate of drug-likeness (QED) is 0.824. The number of rotatable bonds is 5. The average molecular weight is 235 g/mol. The summed E-state index contributed by atoms with van der Waals surface area (Å²) in [5.41, 5.74) is 7.02. The lowest BCUT2D eigenvalue weighted by Gasteiger charge is -2.17. The van der Waals surface area contributed by atoms with Gasteiger partial charge in [-0.2, -0.15) is 0 Å². The SMILES string of the molecule is NCC(CCC1CCCC1)c1ccc(F)cc1. The highest BCUT2D eigenvalue weighted by molar-refractivity contribution is 5.20. The number of hydrogen-bond donors (Lipinski definition) is 1. The summed E-state index contributed by atoms with van der Waals surface area (Å²) in [4.78, 5) is 0. The molecule has 1 aromatic rings. The van der Waals surface area contributed by atoms with Gasteiger partial charge in [-0.15, -0.1) is 0 Å². The summed E-state index contributed by atoms with van der Waals surface area (Å²) in [6.07, 6.45) is 8.00. The summed E-state index contributed by atoms with van der Waals surface area (Å²) in [5, 5.41) is 0. The fraction of sp³-hybridized carbons (Fsp3) is 0.600. The Morgan fingerprint density at radius 3 is 2.41 bits per heavy atom. The van der Waals surface area contributed by atoms with Crippen LogP contribution in [0.15, 0.2) is 24.3 Å². The highest BCUT2D eigenvalue weighted by Gasteiger charge is 2.17. The Labute approximate surface area is 103 Å². The van der Waals surface area contributed by atoms with Gasteiger partial charge < -0.3 is 5.73 Å². The largest absolute Gasteiger partial charge is 0.330 e. The van der Waals surface area contributed by atoms with Crippen molar-refractivity contribution in [3.05, 3.63) is 35.6 Å². The molecule has 1 aromatic carbocycles. The zero-order chi connectivity index (χ0) is 12.1. The van der Waals surface area contributed by atoms with Crippen molar-refractivity contribution in [2.75, 3.05) is 6.54 Å². The van der Waals surface area contributed by atoms with E-state index in [0.29, 0.717) is 12.5 Å². The van der Waals surface area contributed by atoms with Crippen LogP contribution in [-0.4, -0.2) is 6.54 Å². The van der Waals surface area contributed by atoms with E-state index < -0.39 is 0 Å². The Morgan fingerprint density at radius 1 is 1.18 bits per heavy atom. The number of hydrogen-bond acceptors (Lipinski definition) is 1. The van der Waals surface area contributed by atoms with Crippen LogP contribution in [0.25, 0.3) is 0 Å². The minimum Gasteiger partial charge on any atom is -0.330 e. The molecule has 1 atom stereocenters. The fourth-order valence-electron chi connectivity index (χ4n) is 2.89. The average Bonchev–Trinajstić information content (AvgIpc) is 2.85. The van der Waals surface area contributed by atoms with Crippen LogP contribution in [0, 0.1) is 11.7 Å². The second-order valence-electron chi connectivity index (χ2n) is 5.21. The van der Waals surface area contributed by atoms with Crippen molar-refractivity contribution in [1.29, 1.82) is 0 Å². The second-order valence-corrected chi connectivity index (χ2v) is 5.21. The maximum Gasteiger partial charge on any atom is 0.123 e. The molecule has 1 nitrogen and oxygen atoms in total. The predicted octanol–water partition coefficient (Wildman–Crippen LogP) is 3.84. The number of halogens is 1. The van der Waals surface area contributed by atoms with Crippen molar-refractivity contribution >= 4 is 0 Å². The molecule has 1 fully saturated rings. The van der Waals surface area contributed by atoms with Gasteiger partial charge in [0.1, 0.15) is 5.82 Å². The first-order valence-electron chi connectivity index (χ1n) is 6.75.